The number of halogens is 6. The van der Waals surface area contributed by atoms with Crippen LogP contribution in [0.25, 0.3) is 10.6 Å². The van der Waals surface area contributed by atoms with Crippen molar-refractivity contribution < 1.29 is 54.9 Å². The molecule has 1 aliphatic heterocycles. The summed E-state index contributed by atoms with van der Waals surface area (Å²) in [5.74, 6) is -2.70. The maximum Gasteiger partial charge on any atom is 0.490 e. The van der Waals surface area contributed by atoms with Gasteiger partial charge in [0.25, 0.3) is 0 Å². The lowest BCUT2D eigenvalue weighted by Crippen LogP contribution is -2.23. The van der Waals surface area contributed by atoms with E-state index in [-0.39, 0.29) is 24.4 Å². The van der Waals surface area contributed by atoms with Gasteiger partial charge in [0.1, 0.15) is 9.88 Å². The molecular weight excluding hydrogens is 520 g/mol. The first-order chi connectivity index (χ1) is 16.9. The molecule has 200 valence electrons. The van der Waals surface area contributed by atoms with E-state index in [0.717, 1.165) is 42.7 Å². The molecule has 0 bridgehead atoms. The summed E-state index contributed by atoms with van der Waals surface area (Å²) < 4.78 is 90.8. The van der Waals surface area contributed by atoms with Gasteiger partial charge in [0, 0.05) is 12.2 Å². The van der Waals surface area contributed by atoms with Crippen LogP contribution in [0.3, 0.4) is 0 Å². The Bertz CT molecular complexity index is 1000. The fraction of sp³-hybridized carbons (Fsp3) is 0.500. The lowest BCUT2D eigenvalue weighted by atomic mass is 10.1. The van der Waals surface area contributed by atoms with Crippen molar-refractivity contribution in [1.82, 2.24) is 4.98 Å². The van der Waals surface area contributed by atoms with Crippen molar-refractivity contribution in [3.05, 3.63) is 40.4 Å². The molecule has 2 heterocycles. The lowest BCUT2D eigenvalue weighted by molar-refractivity contribution is -0.196. The van der Waals surface area contributed by atoms with Crippen molar-refractivity contribution in [2.75, 3.05) is 20.3 Å². The zero-order chi connectivity index (χ0) is 26.9. The van der Waals surface area contributed by atoms with E-state index in [2.05, 4.69) is 9.72 Å². The predicted octanol–water partition coefficient (Wildman–Crippen LogP) is 5.77. The number of benzene rings is 1. The average Bonchev–Trinajstić information content (AvgIpc) is 3.27. The number of rotatable bonds is 6. The van der Waals surface area contributed by atoms with Crippen molar-refractivity contribution in [3.8, 4) is 10.6 Å². The maximum absolute atomic E-state index is 12.8. The van der Waals surface area contributed by atoms with Crippen LogP contribution < -0.4 is 0 Å². The summed E-state index contributed by atoms with van der Waals surface area (Å²) >= 11 is 1.07. The standard InChI is InChI=1S/C19H20F3NO4S.C3H3F3O2/c1-2-25-18(24)16-14(11-27-15-5-3-4-10-26-15)23-17(28-16)12-6-8-13(9-7-12)19(20,21)22;1-8-2(7)3(4,5)6/h6-9,15H,2-5,10-11H2,1H3;1H3. The SMILES string of the molecule is CCOC(=O)c1sc(-c2ccc(C(F)(F)F)cc2)nc1COC1CCCCO1.COC(=O)C(F)(F)F. The summed E-state index contributed by atoms with van der Waals surface area (Å²) in [5.41, 5.74) is 0.146. The number of alkyl halides is 6. The van der Waals surface area contributed by atoms with Crippen LogP contribution in [0.5, 0.6) is 0 Å². The van der Waals surface area contributed by atoms with Gasteiger partial charge in [-0.25, -0.2) is 14.6 Å². The summed E-state index contributed by atoms with van der Waals surface area (Å²) in [6.45, 7) is 2.60. The Morgan fingerprint density at radius 1 is 1.11 bits per heavy atom. The maximum atomic E-state index is 12.8. The van der Waals surface area contributed by atoms with Crippen LogP contribution in [-0.2, 0) is 36.5 Å². The predicted molar refractivity (Wildman–Crippen MR) is 115 cm³/mol. The van der Waals surface area contributed by atoms with Crippen LogP contribution in [0.4, 0.5) is 26.3 Å². The molecule has 0 N–H and O–H groups in total. The van der Waals surface area contributed by atoms with Gasteiger partial charge in [-0.1, -0.05) is 12.1 Å². The third kappa shape index (κ3) is 8.75. The van der Waals surface area contributed by atoms with Crippen molar-refractivity contribution in [2.24, 2.45) is 0 Å². The van der Waals surface area contributed by atoms with Gasteiger partial charge in [-0.05, 0) is 38.3 Å². The van der Waals surface area contributed by atoms with E-state index in [4.69, 9.17) is 14.2 Å². The van der Waals surface area contributed by atoms with Gasteiger partial charge in [0.2, 0.25) is 0 Å². The van der Waals surface area contributed by atoms with Gasteiger partial charge >= 0.3 is 24.3 Å². The second kappa shape index (κ2) is 13.0. The third-order valence-electron chi connectivity index (χ3n) is 4.58. The van der Waals surface area contributed by atoms with Crippen molar-refractivity contribution in [1.29, 1.82) is 0 Å². The first kappa shape index (κ1) is 29.5. The number of nitrogens with zero attached hydrogens (tertiary/aromatic N) is 1. The Hall–Kier alpha value is -2.71. The van der Waals surface area contributed by atoms with Gasteiger partial charge in [-0.15, -0.1) is 11.3 Å². The minimum absolute atomic E-state index is 0.0654. The molecule has 0 saturated carbocycles. The molecule has 1 aliphatic rings. The van der Waals surface area contributed by atoms with Crippen molar-refractivity contribution in [3.63, 3.8) is 0 Å². The molecule has 7 nitrogen and oxygen atoms in total. The molecule has 0 aliphatic carbocycles. The molecule has 36 heavy (non-hydrogen) atoms. The zero-order valence-corrected chi connectivity index (χ0v) is 20.0. The first-order valence-electron chi connectivity index (χ1n) is 10.6. The number of aromatic nitrogens is 1. The van der Waals surface area contributed by atoms with Crippen LogP contribution in [0, 0.1) is 0 Å². The lowest BCUT2D eigenvalue weighted by Gasteiger charge is -2.22. The smallest absolute Gasteiger partial charge is 0.462 e. The number of esters is 2. The van der Waals surface area contributed by atoms with E-state index >= 15 is 0 Å². The number of hydrogen-bond donors (Lipinski definition) is 0. The fourth-order valence-corrected chi connectivity index (χ4v) is 3.83. The molecule has 0 spiro atoms. The highest BCUT2D eigenvalue weighted by molar-refractivity contribution is 7.17. The number of thiazole rings is 1. The highest BCUT2D eigenvalue weighted by Gasteiger charge is 2.40. The third-order valence-corrected chi connectivity index (χ3v) is 5.70. The minimum atomic E-state index is -4.85. The normalized spacial score (nSPS) is 16.1. The van der Waals surface area contributed by atoms with Gasteiger partial charge in [0.05, 0.1) is 31.6 Å². The Labute approximate surface area is 206 Å². The summed E-state index contributed by atoms with van der Waals surface area (Å²) in [6.07, 6.45) is -6.85. The first-order valence-corrected chi connectivity index (χ1v) is 11.4. The van der Waals surface area contributed by atoms with Crippen molar-refractivity contribution in [2.45, 2.75) is 51.4 Å². The number of ether oxygens (including phenoxy) is 4. The Kier molecular flexibility index (Phi) is 10.7. The minimum Gasteiger partial charge on any atom is -0.462 e. The molecule has 3 rings (SSSR count). The molecule has 1 aromatic heterocycles. The van der Waals surface area contributed by atoms with Crippen LogP contribution in [-0.4, -0.2) is 49.7 Å². The molecule has 1 aromatic carbocycles. The molecule has 1 saturated heterocycles. The van der Waals surface area contributed by atoms with Crippen LogP contribution in [0.15, 0.2) is 24.3 Å². The zero-order valence-electron chi connectivity index (χ0n) is 19.2. The topological polar surface area (TPSA) is 84.0 Å². The molecule has 0 amide bonds. The quantitative estimate of drug-likeness (QED) is 0.338. The summed E-state index contributed by atoms with van der Waals surface area (Å²) in [5, 5.41) is 0.431. The molecule has 2 aromatic rings. The van der Waals surface area contributed by atoms with Crippen LogP contribution in [0.1, 0.15) is 47.1 Å². The Balaban J connectivity index is 0.000000493. The second-order valence-corrected chi connectivity index (χ2v) is 8.19. The Morgan fingerprint density at radius 2 is 1.78 bits per heavy atom. The van der Waals surface area contributed by atoms with Gasteiger partial charge in [0.15, 0.2) is 6.29 Å². The van der Waals surface area contributed by atoms with E-state index < -0.39 is 29.9 Å². The highest BCUT2D eigenvalue weighted by Crippen LogP contribution is 2.33. The molecule has 14 heteroatoms. The highest BCUT2D eigenvalue weighted by atomic mass is 32.1. The molecule has 1 unspecified atom stereocenters. The number of methoxy groups -OCH3 is 1. The van der Waals surface area contributed by atoms with E-state index in [9.17, 15) is 35.9 Å². The molecular formula is C22H23F6NO6S. The van der Waals surface area contributed by atoms with Crippen molar-refractivity contribution >= 4 is 23.3 Å². The average molecular weight is 543 g/mol. The fourth-order valence-electron chi connectivity index (χ4n) is 2.86. The summed E-state index contributed by atoms with van der Waals surface area (Å²) in [7, 11) is 0.676. The van der Waals surface area contributed by atoms with Gasteiger partial charge < -0.3 is 18.9 Å². The Morgan fingerprint density at radius 3 is 2.25 bits per heavy atom. The summed E-state index contributed by atoms with van der Waals surface area (Å²) in [4.78, 5) is 26.4. The molecule has 0 radical (unpaired) electrons. The van der Waals surface area contributed by atoms with Gasteiger partial charge in [-0.3, -0.25) is 0 Å². The monoisotopic (exact) mass is 543 g/mol. The van der Waals surface area contributed by atoms with Gasteiger partial charge in [-0.2, -0.15) is 26.3 Å². The molecule has 1 fully saturated rings. The van der Waals surface area contributed by atoms with Crippen LogP contribution >= 0.6 is 11.3 Å². The van der Waals surface area contributed by atoms with E-state index in [1.165, 1.54) is 12.1 Å². The number of carbonyl (C=O) groups excluding carboxylic acids is 2. The summed E-state index contributed by atoms with van der Waals surface area (Å²) in [6, 6.07) is 4.66. The number of carbonyl (C=O) groups is 2. The van der Waals surface area contributed by atoms with E-state index in [1.54, 1.807) is 6.92 Å². The molecule has 1 atom stereocenters. The van der Waals surface area contributed by atoms with E-state index in [0.29, 0.717) is 30.0 Å². The van der Waals surface area contributed by atoms with Crippen LogP contribution in [0.2, 0.25) is 0 Å². The number of hydrogen-bond acceptors (Lipinski definition) is 8. The second-order valence-electron chi connectivity index (χ2n) is 7.19. The van der Waals surface area contributed by atoms with E-state index in [1.807, 2.05) is 0 Å². The largest absolute Gasteiger partial charge is 0.490 e.